The molecule has 100 valence electrons. The van der Waals surface area contributed by atoms with Crippen molar-refractivity contribution < 1.29 is 9.90 Å². The molecule has 0 aliphatic heterocycles. The number of rotatable bonds is 4. The van der Waals surface area contributed by atoms with E-state index in [0.717, 1.165) is 5.56 Å². The number of anilines is 1. The fourth-order valence-corrected chi connectivity index (χ4v) is 1.51. The van der Waals surface area contributed by atoms with E-state index in [0.29, 0.717) is 5.69 Å². The highest BCUT2D eigenvalue weighted by atomic mass is 16.3. The van der Waals surface area contributed by atoms with Crippen LogP contribution >= 0.6 is 0 Å². The topological polar surface area (TPSA) is 75.3 Å². The normalized spacial score (nSPS) is 14.9. The molecule has 18 heavy (non-hydrogen) atoms. The molecule has 2 atom stereocenters. The molecular formula is C14H22N2O2. The predicted molar refractivity (Wildman–Crippen MR) is 73.2 cm³/mol. The summed E-state index contributed by atoms with van der Waals surface area (Å²) in [6.45, 7) is 7.07. The average molecular weight is 250 g/mol. The van der Waals surface area contributed by atoms with Gasteiger partial charge >= 0.3 is 0 Å². The number of carbonyl (C=O) groups is 1. The van der Waals surface area contributed by atoms with Gasteiger partial charge in [0.2, 0.25) is 5.91 Å². The van der Waals surface area contributed by atoms with E-state index in [1.165, 1.54) is 0 Å². The van der Waals surface area contributed by atoms with Crippen LogP contribution in [-0.4, -0.2) is 22.7 Å². The number of nitrogens with two attached hydrogens (primary N) is 1. The SMILES string of the molecule is CC(C(=O)NC(C)(C)C(C)O)c1cccc(N)c1. The average Bonchev–Trinajstić information content (AvgIpc) is 2.27. The lowest BCUT2D eigenvalue weighted by atomic mass is 9.95. The molecule has 1 aromatic rings. The van der Waals surface area contributed by atoms with Crippen molar-refractivity contribution in [2.24, 2.45) is 0 Å². The van der Waals surface area contributed by atoms with Gasteiger partial charge in [-0.05, 0) is 45.4 Å². The molecular weight excluding hydrogens is 228 g/mol. The fourth-order valence-electron chi connectivity index (χ4n) is 1.51. The molecule has 1 rings (SSSR count). The summed E-state index contributed by atoms with van der Waals surface area (Å²) in [6, 6.07) is 7.28. The van der Waals surface area contributed by atoms with Gasteiger partial charge in [-0.2, -0.15) is 0 Å². The minimum Gasteiger partial charge on any atom is -0.399 e. The monoisotopic (exact) mass is 250 g/mol. The van der Waals surface area contributed by atoms with Gasteiger partial charge in [0, 0.05) is 5.69 Å². The van der Waals surface area contributed by atoms with Gasteiger partial charge in [-0.25, -0.2) is 0 Å². The summed E-state index contributed by atoms with van der Waals surface area (Å²) in [5.41, 5.74) is 6.56. The second-order valence-electron chi connectivity index (χ2n) is 5.28. The zero-order valence-electron chi connectivity index (χ0n) is 11.4. The first kappa shape index (κ1) is 14.5. The zero-order valence-corrected chi connectivity index (χ0v) is 11.4. The molecule has 0 saturated heterocycles. The van der Waals surface area contributed by atoms with E-state index >= 15 is 0 Å². The van der Waals surface area contributed by atoms with Crippen molar-refractivity contribution in [2.45, 2.75) is 45.3 Å². The van der Waals surface area contributed by atoms with Gasteiger partial charge in [0.25, 0.3) is 0 Å². The van der Waals surface area contributed by atoms with Gasteiger partial charge in [0.15, 0.2) is 0 Å². The fraction of sp³-hybridized carbons (Fsp3) is 0.500. The first-order valence-electron chi connectivity index (χ1n) is 6.09. The van der Waals surface area contributed by atoms with Crippen LogP contribution in [0.2, 0.25) is 0 Å². The third kappa shape index (κ3) is 3.47. The molecule has 0 radical (unpaired) electrons. The van der Waals surface area contributed by atoms with Crippen LogP contribution in [0.25, 0.3) is 0 Å². The first-order valence-corrected chi connectivity index (χ1v) is 6.09. The molecule has 1 amide bonds. The maximum Gasteiger partial charge on any atom is 0.227 e. The summed E-state index contributed by atoms with van der Waals surface area (Å²) >= 11 is 0. The highest BCUT2D eigenvalue weighted by Gasteiger charge is 2.28. The molecule has 4 N–H and O–H groups in total. The maximum absolute atomic E-state index is 12.1. The zero-order chi connectivity index (χ0) is 13.9. The van der Waals surface area contributed by atoms with E-state index in [2.05, 4.69) is 5.32 Å². The van der Waals surface area contributed by atoms with Crippen LogP contribution in [0, 0.1) is 0 Å². The highest BCUT2D eigenvalue weighted by Crippen LogP contribution is 2.19. The van der Waals surface area contributed by atoms with Crippen LogP contribution in [0.15, 0.2) is 24.3 Å². The van der Waals surface area contributed by atoms with Gasteiger partial charge in [-0.3, -0.25) is 4.79 Å². The highest BCUT2D eigenvalue weighted by molar-refractivity contribution is 5.84. The van der Waals surface area contributed by atoms with Crippen LogP contribution in [0.4, 0.5) is 5.69 Å². The molecule has 0 aliphatic carbocycles. The third-order valence-corrected chi connectivity index (χ3v) is 3.29. The van der Waals surface area contributed by atoms with Crippen LogP contribution in [0.1, 0.15) is 39.2 Å². The number of nitrogen functional groups attached to an aromatic ring is 1. The molecule has 0 aromatic heterocycles. The Morgan fingerprint density at radius 2 is 2.00 bits per heavy atom. The number of hydrogen-bond donors (Lipinski definition) is 3. The minimum atomic E-state index is -0.647. The maximum atomic E-state index is 12.1. The van der Waals surface area contributed by atoms with Crippen molar-refractivity contribution in [3.63, 3.8) is 0 Å². The molecule has 2 unspecified atom stereocenters. The van der Waals surface area contributed by atoms with Gasteiger partial charge < -0.3 is 16.2 Å². The summed E-state index contributed by atoms with van der Waals surface area (Å²) < 4.78 is 0. The number of hydrogen-bond acceptors (Lipinski definition) is 3. The predicted octanol–water partition coefficient (Wildman–Crippen LogP) is 1.65. The second kappa shape index (κ2) is 5.40. The number of nitrogens with one attached hydrogen (secondary N) is 1. The van der Waals surface area contributed by atoms with Gasteiger partial charge in [0.05, 0.1) is 17.6 Å². The molecule has 4 nitrogen and oxygen atoms in total. The summed E-state index contributed by atoms with van der Waals surface area (Å²) in [4.78, 5) is 12.1. The number of aliphatic hydroxyl groups is 1. The second-order valence-corrected chi connectivity index (χ2v) is 5.28. The summed E-state index contributed by atoms with van der Waals surface area (Å²) in [5, 5.41) is 12.4. The van der Waals surface area contributed by atoms with E-state index in [-0.39, 0.29) is 11.8 Å². The summed E-state index contributed by atoms with van der Waals surface area (Å²) in [6.07, 6.45) is -0.616. The largest absolute Gasteiger partial charge is 0.399 e. The lowest BCUT2D eigenvalue weighted by Crippen LogP contribution is -2.52. The van der Waals surface area contributed by atoms with Crippen LogP contribution in [-0.2, 0) is 4.79 Å². The molecule has 1 aromatic carbocycles. The molecule has 0 bridgehead atoms. The number of benzene rings is 1. The first-order chi connectivity index (χ1) is 8.24. The standard InChI is InChI=1S/C14H22N2O2/c1-9(11-6-5-7-12(15)8-11)13(18)16-14(3,4)10(2)17/h5-10,17H,15H2,1-4H3,(H,16,18). The Morgan fingerprint density at radius 1 is 1.39 bits per heavy atom. The van der Waals surface area contributed by atoms with Crippen molar-refractivity contribution in [3.05, 3.63) is 29.8 Å². The number of aliphatic hydroxyl groups excluding tert-OH is 1. The van der Waals surface area contributed by atoms with E-state index in [9.17, 15) is 9.90 Å². The Bertz CT molecular complexity index is 428. The van der Waals surface area contributed by atoms with Crippen molar-refractivity contribution in [3.8, 4) is 0 Å². The summed E-state index contributed by atoms with van der Waals surface area (Å²) in [5.74, 6) is -0.418. The van der Waals surface area contributed by atoms with Crippen molar-refractivity contribution in [1.29, 1.82) is 0 Å². The Morgan fingerprint density at radius 3 is 2.50 bits per heavy atom. The van der Waals surface area contributed by atoms with Crippen molar-refractivity contribution in [2.75, 3.05) is 5.73 Å². The summed E-state index contributed by atoms with van der Waals surface area (Å²) in [7, 11) is 0. The quantitative estimate of drug-likeness (QED) is 0.711. The van der Waals surface area contributed by atoms with Crippen LogP contribution in [0.5, 0.6) is 0 Å². The molecule has 0 spiro atoms. The Kier molecular flexibility index (Phi) is 4.35. The van der Waals surface area contributed by atoms with Gasteiger partial charge in [-0.15, -0.1) is 0 Å². The van der Waals surface area contributed by atoms with E-state index < -0.39 is 11.6 Å². The molecule has 0 fully saturated rings. The van der Waals surface area contributed by atoms with Crippen molar-refractivity contribution >= 4 is 11.6 Å². The Labute approximate surface area is 108 Å². The van der Waals surface area contributed by atoms with E-state index in [1.807, 2.05) is 19.1 Å². The number of amides is 1. The van der Waals surface area contributed by atoms with Crippen LogP contribution < -0.4 is 11.1 Å². The van der Waals surface area contributed by atoms with Crippen molar-refractivity contribution in [1.82, 2.24) is 5.32 Å². The Hall–Kier alpha value is -1.55. The van der Waals surface area contributed by atoms with E-state index in [1.54, 1.807) is 32.9 Å². The lowest BCUT2D eigenvalue weighted by Gasteiger charge is -2.30. The lowest BCUT2D eigenvalue weighted by molar-refractivity contribution is -0.125. The number of carbonyl (C=O) groups excluding carboxylic acids is 1. The van der Waals surface area contributed by atoms with Crippen LogP contribution in [0.3, 0.4) is 0 Å². The molecule has 0 saturated carbocycles. The van der Waals surface area contributed by atoms with E-state index in [4.69, 9.17) is 5.73 Å². The smallest absolute Gasteiger partial charge is 0.227 e. The minimum absolute atomic E-state index is 0.119. The molecule has 4 heteroatoms. The van der Waals surface area contributed by atoms with Gasteiger partial charge in [-0.1, -0.05) is 12.1 Å². The molecule has 0 aliphatic rings. The molecule has 0 heterocycles. The third-order valence-electron chi connectivity index (χ3n) is 3.29. The Balaban J connectivity index is 2.79. The van der Waals surface area contributed by atoms with Gasteiger partial charge in [0.1, 0.15) is 0 Å².